The molecule has 0 fully saturated rings. The fourth-order valence-corrected chi connectivity index (χ4v) is 2.84. The number of unbranched alkanes of at least 4 members (excludes halogenated alkanes) is 1. The third-order valence-electron chi connectivity index (χ3n) is 2.53. The quantitative estimate of drug-likeness (QED) is 0.256. The maximum absolute atomic E-state index is 12.4. The summed E-state index contributed by atoms with van der Waals surface area (Å²) in [5.74, 6) is 0.678. The van der Waals surface area contributed by atoms with Gasteiger partial charge in [0.1, 0.15) is 16.8 Å². The van der Waals surface area contributed by atoms with Crippen LogP contribution in [0.15, 0.2) is 27.1 Å². The van der Waals surface area contributed by atoms with E-state index in [1.807, 2.05) is 13.0 Å². The average Bonchev–Trinajstić information content (AvgIpc) is 2.50. The highest BCUT2D eigenvalue weighted by molar-refractivity contribution is 7.87. The maximum atomic E-state index is 12.4. The molecule has 8 heteroatoms. The van der Waals surface area contributed by atoms with Gasteiger partial charge >= 0.3 is 0 Å². The molecule has 3 N–H and O–H groups in total. The van der Waals surface area contributed by atoms with E-state index in [1.54, 1.807) is 20.2 Å². The summed E-state index contributed by atoms with van der Waals surface area (Å²) in [5, 5.41) is 12.7. The van der Waals surface area contributed by atoms with Gasteiger partial charge in [-0.2, -0.15) is 0 Å². The van der Waals surface area contributed by atoms with Crippen LogP contribution < -0.4 is 10.0 Å². The van der Waals surface area contributed by atoms with Gasteiger partial charge in [-0.25, -0.2) is 8.93 Å². The van der Waals surface area contributed by atoms with E-state index in [1.165, 1.54) is 0 Å². The first kappa shape index (κ1) is 20.6. The first-order chi connectivity index (χ1) is 10.0. The Morgan fingerprint density at radius 2 is 2.19 bits per heavy atom. The number of alkyl halides is 1. The first-order valence-corrected chi connectivity index (χ1v) is 8.65. The fourth-order valence-electron chi connectivity index (χ4n) is 1.49. The average molecular weight is 356 g/mol. The lowest BCUT2D eigenvalue weighted by Gasteiger charge is -2.18. The van der Waals surface area contributed by atoms with Crippen LogP contribution in [0.2, 0.25) is 0 Å². The van der Waals surface area contributed by atoms with E-state index in [-0.39, 0.29) is 12.5 Å². The Bertz CT molecular complexity index is 426. The van der Waals surface area contributed by atoms with Gasteiger partial charge in [-0.3, -0.25) is 4.99 Å². The molecule has 0 aromatic heterocycles. The van der Waals surface area contributed by atoms with E-state index in [9.17, 15) is 9.32 Å². The van der Waals surface area contributed by atoms with Crippen LogP contribution in [-0.2, 0) is 11.0 Å². The van der Waals surface area contributed by atoms with Crippen molar-refractivity contribution in [2.75, 3.05) is 26.6 Å². The van der Waals surface area contributed by atoms with E-state index < -0.39 is 17.0 Å². The molecule has 0 aromatic carbocycles. The number of nitrogens with zero attached hydrogens (tertiary/aromatic N) is 1. The van der Waals surface area contributed by atoms with Crippen LogP contribution >= 0.6 is 23.2 Å². The molecule has 1 unspecified atom stereocenters. The Kier molecular flexibility index (Phi) is 11.9. The second kappa shape index (κ2) is 12.2. The van der Waals surface area contributed by atoms with Crippen LogP contribution in [0, 0.1) is 0 Å². The molecule has 0 bridgehead atoms. The molecule has 2 atom stereocenters. The fraction of sp³-hybridized carbons (Fsp3) is 0.615. The van der Waals surface area contributed by atoms with Crippen molar-refractivity contribution >= 4 is 40.0 Å². The molecule has 5 nitrogen and oxygen atoms in total. The molecule has 0 rings (SSSR count). The Morgan fingerprint density at radius 3 is 2.62 bits per heavy atom. The number of amidine groups is 1. The van der Waals surface area contributed by atoms with Crippen LogP contribution in [0.3, 0.4) is 0 Å². The molecule has 0 saturated carbocycles. The van der Waals surface area contributed by atoms with Crippen LogP contribution in [-0.4, -0.2) is 47.8 Å². The van der Waals surface area contributed by atoms with Crippen molar-refractivity contribution < 1.29 is 9.32 Å². The molecule has 0 aliphatic rings. The lowest BCUT2D eigenvalue weighted by molar-refractivity contribution is 0.282. The molecule has 122 valence electrons. The van der Waals surface area contributed by atoms with Crippen LogP contribution in [0.5, 0.6) is 0 Å². The van der Waals surface area contributed by atoms with Gasteiger partial charge in [0.25, 0.3) is 0 Å². The first-order valence-electron chi connectivity index (χ1n) is 6.59. The number of hydrogen-bond acceptors (Lipinski definition) is 3. The largest absolute Gasteiger partial charge is 0.394 e. The summed E-state index contributed by atoms with van der Waals surface area (Å²) < 4.78 is 15.2. The smallest absolute Gasteiger partial charge is 0.125 e. The molecule has 0 radical (unpaired) electrons. The van der Waals surface area contributed by atoms with Gasteiger partial charge in [0.05, 0.1) is 23.4 Å². The van der Waals surface area contributed by atoms with Crippen molar-refractivity contribution in [2.24, 2.45) is 4.99 Å². The zero-order valence-corrected chi connectivity index (χ0v) is 14.9. The highest BCUT2D eigenvalue weighted by Crippen LogP contribution is 2.13. The third-order valence-corrected chi connectivity index (χ3v) is 4.41. The summed E-state index contributed by atoms with van der Waals surface area (Å²) in [6, 6.07) is -0.547. The number of rotatable bonds is 9. The second-order valence-electron chi connectivity index (χ2n) is 4.10. The Labute approximate surface area is 139 Å². The number of likely N-dealkylation sites (N-methyl/N-ethyl adjacent to an activating group) is 1. The van der Waals surface area contributed by atoms with Gasteiger partial charge in [0.2, 0.25) is 0 Å². The van der Waals surface area contributed by atoms with E-state index in [2.05, 4.69) is 15.0 Å². The van der Waals surface area contributed by atoms with E-state index in [4.69, 9.17) is 23.2 Å². The van der Waals surface area contributed by atoms with Crippen LogP contribution in [0.25, 0.3) is 0 Å². The number of aliphatic imine (C=N–C) groups is 1. The molecule has 0 aromatic rings. The lowest BCUT2D eigenvalue weighted by atomic mass is 10.3. The number of aliphatic hydroxyl groups excluding tert-OH is 1. The standard InChI is InChI=1S/C13H23Cl2N3O2S/c1-4-5-6-11(7-10(15)8-14)21(20)18-12(9-19)13(16-2)17-3/h6-7,12,18-19H,4-5,8-9H2,1-3H3,(H,16,17)/b10-7+,11-6+/t12-,21?/m1/s1. The summed E-state index contributed by atoms with van der Waals surface area (Å²) in [4.78, 5) is 4.53. The van der Waals surface area contributed by atoms with Gasteiger partial charge < -0.3 is 10.4 Å². The van der Waals surface area contributed by atoms with Crippen molar-refractivity contribution in [1.82, 2.24) is 10.0 Å². The number of aliphatic hydroxyl groups is 1. The van der Waals surface area contributed by atoms with Gasteiger partial charge in [-0.05, 0) is 12.5 Å². The number of hydrogen-bond donors (Lipinski definition) is 3. The van der Waals surface area contributed by atoms with E-state index in [0.717, 1.165) is 12.8 Å². The minimum atomic E-state index is -1.52. The summed E-state index contributed by atoms with van der Waals surface area (Å²) in [6.07, 6.45) is 5.13. The highest BCUT2D eigenvalue weighted by atomic mass is 35.5. The van der Waals surface area contributed by atoms with E-state index >= 15 is 0 Å². The van der Waals surface area contributed by atoms with Gasteiger partial charge in [0, 0.05) is 19.1 Å². The van der Waals surface area contributed by atoms with Gasteiger partial charge in [0.15, 0.2) is 0 Å². The molecular formula is C13H23Cl2N3O2S. The van der Waals surface area contributed by atoms with Crippen LogP contribution in [0.4, 0.5) is 0 Å². The summed E-state index contributed by atoms with van der Waals surface area (Å²) in [5.41, 5.74) is 0. The van der Waals surface area contributed by atoms with Gasteiger partial charge in [-0.15, -0.1) is 11.6 Å². The second-order valence-corrected chi connectivity index (χ2v) is 6.10. The number of nitrogens with one attached hydrogen (secondary N) is 2. The van der Waals surface area contributed by atoms with Crippen molar-refractivity contribution in [3.63, 3.8) is 0 Å². The minimum absolute atomic E-state index is 0.157. The molecule has 21 heavy (non-hydrogen) atoms. The number of allylic oxidation sites excluding steroid dienone is 3. The van der Waals surface area contributed by atoms with Crippen molar-refractivity contribution in [3.8, 4) is 0 Å². The zero-order chi connectivity index (χ0) is 16.3. The summed E-state index contributed by atoms with van der Waals surface area (Å²) in [7, 11) is 1.76. The predicted molar refractivity (Wildman–Crippen MR) is 92.2 cm³/mol. The van der Waals surface area contributed by atoms with Crippen LogP contribution in [0.1, 0.15) is 19.8 Å². The third kappa shape index (κ3) is 7.97. The predicted octanol–water partition coefficient (Wildman–Crippen LogP) is 1.89. The van der Waals surface area contributed by atoms with Crippen molar-refractivity contribution in [2.45, 2.75) is 25.8 Å². The normalized spacial score (nSPS) is 16.8. The molecule has 0 amide bonds. The molecule has 0 heterocycles. The molecule has 0 saturated heterocycles. The lowest BCUT2D eigenvalue weighted by Crippen LogP contribution is -2.46. The topological polar surface area (TPSA) is 73.7 Å². The minimum Gasteiger partial charge on any atom is -0.394 e. The van der Waals surface area contributed by atoms with E-state index in [0.29, 0.717) is 15.8 Å². The Balaban J connectivity index is 5.12. The van der Waals surface area contributed by atoms with Crippen molar-refractivity contribution in [1.29, 1.82) is 0 Å². The molecular weight excluding hydrogens is 333 g/mol. The maximum Gasteiger partial charge on any atom is 0.125 e. The molecule has 0 aliphatic heterocycles. The summed E-state index contributed by atoms with van der Waals surface area (Å²) in [6.45, 7) is 1.80. The Hall–Kier alpha value is -0.400. The Morgan fingerprint density at radius 1 is 1.52 bits per heavy atom. The molecule has 0 aliphatic carbocycles. The van der Waals surface area contributed by atoms with Crippen molar-refractivity contribution in [3.05, 3.63) is 22.1 Å². The van der Waals surface area contributed by atoms with Gasteiger partial charge in [-0.1, -0.05) is 31.0 Å². The summed E-state index contributed by atoms with van der Waals surface area (Å²) >= 11 is 11.6. The monoisotopic (exact) mass is 355 g/mol. The number of halogens is 2. The SMILES string of the molecule is CCC/C=C(\C=C(\Cl)CCl)S(=O)N[C@H](CO)C(=NC)NC. The molecule has 0 spiro atoms. The highest BCUT2D eigenvalue weighted by Gasteiger charge is 2.17. The zero-order valence-electron chi connectivity index (χ0n) is 12.5.